The van der Waals surface area contributed by atoms with E-state index in [1.165, 1.54) is 25.7 Å². The van der Waals surface area contributed by atoms with Crippen LogP contribution in [0.4, 0.5) is 0 Å². The Balaban J connectivity index is 1.83. The topological polar surface area (TPSA) is 0 Å². The van der Waals surface area contributed by atoms with Gasteiger partial charge in [0.05, 0.1) is 0 Å². The van der Waals surface area contributed by atoms with Crippen molar-refractivity contribution in [1.29, 1.82) is 0 Å². The molecule has 0 aromatic rings. The summed E-state index contributed by atoms with van der Waals surface area (Å²) in [5.74, 6) is 3.06. The molecule has 4 atom stereocenters. The summed E-state index contributed by atoms with van der Waals surface area (Å²) in [6.07, 6.45) is 12.6. The van der Waals surface area contributed by atoms with Crippen molar-refractivity contribution >= 4 is 0 Å². The summed E-state index contributed by atoms with van der Waals surface area (Å²) in [6, 6.07) is 0. The van der Waals surface area contributed by atoms with Crippen LogP contribution in [0.25, 0.3) is 0 Å². The second kappa shape index (κ2) is 2.04. The Morgan fingerprint density at radius 2 is 2.42 bits per heavy atom. The van der Waals surface area contributed by atoms with Crippen molar-refractivity contribution < 1.29 is 0 Å². The first-order valence-corrected chi connectivity index (χ1v) is 5.13. The van der Waals surface area contributed by atoms with Gasteiger partial charge in [0.2, 0.25) is 0 Å². The molecule has 12 heavy (non-hydrogen) atoms. The van der Waals surface area contributed by atoms with Gasteiger partial charge in [-0.2, -0.15) is 0 Å². The van der Waals surface area contributed by atoms with Crippen LogP contribution in [-0.2, 0) is 0 Å². The van der Waals surface area contributed by atoms with Gasteiger partial charge < -0.3 is 0 Å². The van der Waals surface area contributed by atoms with Gasteiger partial charge in [0.1, 0.15) is 0 Å². The van der Waals surface area contributed by atoms with Gasteiger partial charge in [-0.15, -0.1) is 6.58 Å². The molecular weight excluding hydrogens is 144 g/mol. The maximum atomic E-state index is 3.87. The lowest BCUT2D eigenvalue weighted by atomic mass is 9.36. The average Bonchev–Trinajstić information content (AvgIpc) is 1.98. The Hall–Kier alpha value is -0.520. The predicted molar refractivity (Wildman–Crippen MR) is 50.7 cm³/mol. The molecule has 4 unspecified atom stereocenters. The minimum atomic E-state index is 0.738. The van der Waals surface area contributed by atoms with Gasteiger partial charge in [0.15, 0.2) is 0 Å². The van der Waals surface area contributed by atoms with Crippen molar-refractivity contribution in [2.24, 2.45) is 23.2 Å². The Kier molecular flexibility index (Phi) is 1.18. The van der Waals surface area contributed by atoms with Gasteiger partial charge >= 0.3 is 0 Å². The number of hydrogen-bond acceptors (Lipinski definition) is 0. The highest BCUT2D eigenvalue weighted by molar-refractivity contribution is 5.22. The summed E-state index contributed by atoms with van der Waals surface area (Å²) in [4.78, 5) is 0. The van der Waals surface area contributed by atoms with Gasteiger partial charge in [-0.25, -0.2) is 0 Å². The van der Waals surface area contributed by atoms with Crippen LogP contribution >= 0.6 is 0 Å². The first-order chi connectivity index (χ1) is 5.86. The lowest BCUT2D eigenvalue weighted by Crippen LogP contribution is -2.61. The molecule has 0 amide bonds. The van der Waals surface area contributed by atoms with Crippen LogP contribution in [0.15, 0.2) is 24.8 Å². The second-order valence-electron chi connectivity index (χ2n) is 4.88. The second-order valence-corrected chi connectivity index (χ2v) is 4.88. The Morgan fingerprint density at radius 1 is 1.50 bits per heavy atom. The molecular formula is C12H16. The molecule has 0 aliphatic heterocycles. The third-order valence-electron chi connectivity index (χ3n) is 4.36. The van der Waals surface area contributed by atoms with Gasteiger partial charge in [-0.3, -0.25) is 0 Å². The number of allylic oxidation sites excluding steroid dienone is 3. The standard InChI is InChI=1S/C12H16/c1-2-6-12-7-9-4-3-5-10(8-12)11(9)12/h2-4,9-11H,1,5-8H2. The molecule has 0 heterocycles. The summed E-state index contributed by atoms with van der Waals surface area (Å²) < 4.78 is 0. The summed E-state index contributed by atoms with van der Waals surface area (Å²) in [6.45, 7) is 3.87. The third kappa shape index (κ3) is 0.608. The van der Waals surface area contributed by atoms with E-state index in [-0.39, 0.29) is 0 Å². The van der Waals surface area contributed by atoms with Crippen molar-refractivity contribution in [2.75, 3.05) is 0 Å². The molecule has 2 saturated carbocycles. The molecule has 0 heteroatoms. The van der Waals surface area contributed by atoms with Crippen LogP contribution in [-0.4, -0.2) is 0 Å². The van der Waals surface area contributed by atoms with E-state index < -0.39 is 0 Å². The molecule has 0 saturated heterocycles. The van der Waals surface area contributed by atoms with Crippen LogP contribution in [0.5, 0.6) is 0 Å². The molecule has 64 valence electrons. The molecule has 3 aliphatic rings. The van der Waals surface area contributed by atoms with E-state index in [1.807, 2.05) is 0 Å². The lowest BCUT2D eigenvalue weighted by Gasteiger charge is -2.68. The molecule has 0 nitrogen and oxygen atoms in total. The van der Waals surface area contributed by atoms with E-state index in [1.54, 1.807) is 0 Å². The van der Waals surface area contributed by atoms with Gasteiger partial charge in [-0.1, -0.05) is 18.2 Å². The molecule has 0 bridgehead atoms. The zero-order chi connectivity index (χ0) is 8.18. The van der Waals surface area contributed by atoms with Gasteiger partial charge in [0.25, 0.3) is 0 Å². The van der Waals surface area contributed by atoms with Crippen LogP contribution in [0, 0.1) is 23.2 Å². The molecule has 2 fully saturated rings. The molecule has 0 N–H and O–H groups in total. The molecule has 3 aliphatic carbocycles. The van der Waals surface area contributed by atoms with E-state index in [0.717, 1.165) is 23.2 Å². The maximum absolute atomic E-state index is 3.87. The summed E-state index contributed by atoms with van der Waals surface area (Å²) in [5.41, 5.74) is 0.738. The molecule has 0 spiro atoms. The van der Waals surface area contributed by atoms with Crippen LogP contribution < -0.4 is 0 Å². The molecule has 0 aromatic heterocycles. The van der Waals surface area contributed by atoms with E-state index >= 15 is 0 Å². The normalized spacial score (nSPS) is 53.5. The summed E-state index contributed by atoms with van der Waals surface area (Å²) in [7, 11) is 0. The Labute approximate surface area is 74.4 Å². The van der Waals surface area contributed by atoms with Crippen molar-refractivity contribution in [3.05, 3.63) is 24.8 Å². The first kappa shape index (κ1) is 6.94. The monoisotopic (exact) mass is 160 g/mol. The zero-order valence-electron chi connectivity index (χ0n) is 7.50. The number of hydrogen-bond donors (Lipinski definition) is 0. The van der Waals surface area contributed by atoms with Crippen molar-refractivity contribution in [3.8, 4) is 0 Å². The zero-order valence-corrected chi connectivity index (χ0v) is 7.50. The molecule has 0 aromatic carbocycles. The fourth-order valence-electron chi connectivity index (χ4n) is 4.02. The van der Waals surface area contributed by atoms with E-state index in [4.69, 9.17) is 0 Å². The highest BCUT2D eigenvalue weighted by atomic mass is 14.7. The summed E-state index contributed by atoms with van der Waals surface area (Å²) in [5, 5.41) is 0. The quantitative estimate of drug-likeness (QED) is 0.544. The highest BCUT2D eigenvalue weighted by Gasteiger charge is 2.63. The first-order valence-electron chi connectivity index (χ1n) is 5.13. The predicted octanol–water partition coefficient (Wildman–Crippen LogP) is 3.16. The van der Waals surface area contributed by atoms with Crippen molar-refractivity contribution in [2.45, 2.75) is 25.7 Å². The van der Waals surface area contributed by atoms with Crippen LogP contribution in [0.3, 0.4) is 0 Å². The minimum absolute atomic E-state index is 0.738. The molecule has 0 radical (unpaired) electrons. The SMILES string of the molecule is C=CCC12CC3C=CCC(C1)C32. The third-order valence-corrected chi connectivity index (χ3v) is 4.36. The minimum Gasteiger partial charge on any atom is -0.103 e. The van der Waals surface area contributed by atoms with Crippen LogP contribution in [0.1, 0.15) is 25.7 Å². The van der Waals surface area contributed by atoms with Crippen LogP contribution in [0.2, 0.25) is 0 Å². The Morgan fingerprint density at radius 3 is 3.17 bits per heavy atom. The lowest BCUT2D eigenvalue weighted by molar-refractivity contribution is -0.170. The van der Waals surface area contributed by atoms with Gasteiger partial charge in [-0.05, 0) is 48.9 Å². The van der Waals surface area contributed by atoms with E-state index in [9.17, 15) is 0 Å². The van der Waals surface area contributed by atoms with Crippen molar-refractivity contribution in [3.63, 3.8) is 0 Å². The summed E-state index contributed by atoms with van der Waals surface area (Å²) >= 11 is 0. The number of rotatable bonds is 2. The highest BCUT2D eigenvalue weighted by Crippen LogP contribution is 2.71. The van der Waals surface area contributed by atoms with Crippen molar-refractivity contribution in [1.82, 2.24) is 0 Å². The molecule has 3 rings (SSSR count). The largest absolute Gasteiger partial charge is 0.103 e. The Bertz CT molecular complexity index is 251. The fraction of sp³-hybridized carbons (Fsp3) is 0.667. The van der Waals surface area contributed by atoms with E-state index in [0.29, 0.717) is 0 Å². The van der Waals surface area contributed by atoms with E-state index in [2.05, 4.69) is 24.8 Å². The average molecular weight is 160 g/mol. The maximum Gasteiger partial charge on any atom is -0.0191 e. The smallest absolute Gasteiger partial charge is 0.0191 e. The van der Waals surface area contributed by atoms with Gasteiger partial charge in [0, 0.05) is 0 Å². The fourth-order valence-corrected chi connectivity index (χ4v) is 4.02.